The molecule has 0 atom stereocenters. The lowest BCUT2D eigenvalue weighted by atomic mass is 9.75. The van der Waals surface area contributed by atoms with Crippen LogP contribution in [0, 0.1) is 13.8 Å². The maximum Gasteiger partial charge on any atom is 0.315 e. The molecule has 1 saturated carbocycles. The molecule has 0 spiro atoms. The van der Waals surface area contributed by atoms with E-state index in [1.165, 1.54) is 21.6 Å². The highest BCUT2D eigenvalue weighted by atomic mass is 16.3. The molecule has 1 N–H and O–H groups in total. The van der Waals surface area contributed by atoms with Crippen molar-refractivity contribution in [3.05, 3.63) is 69.0 Å². The summed E-state index contributed by atoms with van der Waals surface area (Å²) in [5.74, 6) is -0.456. The first-order valence-corrected chi connectivity index (χ1v) is 10.1. The number of aryl methyl sites for hydroxylation is 2. The van der Waals surface area contributed by atoms with Crippen LogP contribution in [0.15, 0.2) is 35.3 Å². The highest BCUT2D eigenvalue weighted by molar-refractivity contribution is 5.96. The third-order valence-corrected chi connectivity index (χ3v) is 6.45. The van der Waals surface area contributed by atoms with Crippen molar-refractivity contribution in [1.82, 2.24) is 14.5 Å². The minimum Gasteiger partial charge on any atom is -0.501 e. The average molecular weight is 393 g/mol. The second kappa shape index (κ2) is 6.87. The number of carbonyl (C=O) groups is 1. The molecule has 6 nitrogen and oxygen atoms in total. The van der Waals surface area contributed by atoms with Gasteiger partial charge in [-0.15, -0.1) is 0 Å². The van der Waals surface area contributed by atoms with Crippen molar-refractivity contribution in [2.75, 3.05) is 7.05 Å². The number of hydrogen-bond acceptors (Lipinski definition) is 4. The molecular formula is C23H27N3O3. The molecular weight excluding hydrogens is 366 g/mol. The SMILES string of the molecule is C=C1Cn2c(CC3(c4cc(C)cc(C)c4)CCCC3)nc(=O)c(O)c2C(=O)N1C. The van der Waals surface area contributed by atoms with Crippen molar-refractivity contribution in [1.29, 1.82) is 0 Å². The predicted octanol–water partition coefficient (Wildman–Crippen LogP) is 3.22. The van der Waals surface area contributed by atoms with Crippen LogP contribution in [0.3, 0.4) is 0 Å². The Hall–Kier alpha value is -2.89. The molecule has 0 bridgehead atoms. The number of hydrogen-bond donors (Lipinski definition) is 1. The van der Waals surface area contributed by atoms with E-state index in [1.54, 1.807) is 11.6 Å². The van der Waals surface area contributed by atoms with Crippen molar-refractivity contribution in [3.63, 3.8) is 0 Å². The molecule has 152 valence electrons. The molecule has 6 heteroatoms. The lowest BCUT2D eigenvalue weighted by molar-refractivity contribution is 0.0791. The van der Waals surface area contributed by atoms with E-state index in [9.17, 15) is 14.7 Å². The average Bonchev–Trinajstić information content (AvgIpc) is 3.13. The summed E-state index contributed by atoms with van der Waals surface area (Å²) in [6.07, 6.45) is 4.82. The maximum atomic E-state index is 12.7. The predicted molar refractivity (Wildman–Crippen MR) is 111 cm³/mol. The monoisotopic (exact) mass is 393 g/mol. The smallest absolute Gasteiger partial charge is 0.315 e. The summed E-state index contributed by atoms with van der Waals surface area (Å²) >= 11 is 0. The van der Waals surface area contributed by atoms with E-state index < -0.39 is 17.2 Å². The highest BCUT2D eigenvalue weighted by Crippen LogP contribution is 2.44. The summed E-state index contributed by atoms with van der Waals surface area (Å²) in [6, 6.07) is 6.62. The molecule has 0 saturated heterocycles. The number of aromatic nitrogens is 2. The molecule has 1 aromatic carbocycles. The van der Waals surface area contributed by atoms with Crippen LogP contribution >= 0.6 is 0 Å². The second-order valence-corrected chi connectivity index (χ2v) is 8.59. The lowest BCUT2D eigenvalue weighted by Crippen LogP contribution is -2.40. The fourth-order valence-corrected chi connectivity index (χ4v) is 4.90. The third-order valence-electron chi connectivity index (χ3n) is 6.45. The zero-order valence-corrected chi connectivity index (χ0v) is 17.3. The van der Waals surface area contributed by atoms with E-state index in [0.717, 1.165) is 25.7 Å². The first-order valence-electron chi connectivity index (χ1n) is 10.1. The van der Waals surface area contributed by atoms with Gasteiger partial charge in [-0.1, -0.05) is 48.7 Å². The number of likely N-dealkylation sites (N-methyl/N-ethyl adjacent to an activating group) is 1. The van der Waals surface area contributed by atoms with Gasteiger partial charge in [-0.05, 0) is 32.3 Å². The van der Waals surface area contributed by atoms with E-state index in [4.69, 9.17) is 0 Å². The van der Waals surface area contributed by atoms with Gasteiger partial charge in [0.1, 0.15) is 5.82 Å². The minimum absolute atomic E-state index is 0.0171. The molecule has 1 aliphatic heterocycles. The molecule has 1 amide bonds. The zero-order chi connectivity index (χ0) is 20.9. The summed E-state index contributed by atoms with van der Waals surface area (Å²) in [7, 11) is 1.60. The zero-order valence-electron chi connectivity index (χ0n) is 17.3. The Balaban J connectivity index is 1.87. The molecule has 29 heavy (non-hydrogen) atoms. The molecule has 2 heterocycles. The van der Waals surface area contributed by atoms with Crippen molar-refractivity contribution < 1.29 is 9.90 Å². The topological polar surface area (TPSA) is 75.4 Å². The van der Waals surface area contributed by atoms with Gasteiger partial charge in [0.2, 0.25) is 5.75 Å². The summed E-state index contributed by atoms with van der Waals surface area (Å²) in [5, 5.41) is 10.3. The number of amides is 1. The summed E-state index contributed by atoms with van der Waals surface area (Å²) in [5.41, 5.74) is 3.46. The molecule has 1 aliphatic carbocycles. The van der Waals surface area contributed by atoms with Gasteiger partial charge in [-0.2, -0.15) is 4.98 Å². The van der Waals surface area contributed by atoms with Gasteiger partial charge in [0, 0.05) is 24.6 Å². The van der Waals surface area contributed by atoms with Gasteiger partial charge in [-0.3, -0.25) is 9.59 Å². The fourth-order valence-electron chi connectivity index (χ4n) is 4.90. The van der Waals surface area contributed by atoms with Gasteiger partial charge in [0.25, 0.3) is 5.91 Å². The van der Waals surface area contributed by atoms with Crippen molar-refractivity contribution in [2.24, 2.45) is 0 Å². The van der Waals surface area contributed by atoms with Gasteiger partial charge in [0.05, 0.1) is 6.54 Å². The van der Waals surface area contributed by atoms with Crippen LogP contribution in [0.25, 0.3) is 0 Å². The fraction of sp³-hybridized carbons (Fsp3) is 0.435. The van der Waals surface area contributed by atoms with Crippen molar-refractivity contribution in [3.8, 4) is 5.75 Å². The van der Waals surface area contributed by atoms with Crippen LogP contribution in [-0.4, -0.2) is 32.5 Å². The molecule has 1 aromatic heterocycles. The number of allylic oxidation sites excluding steroid dienone is 1. The highest BCUT2D eigenvalue weighted by Gasteiger charge is 2.39. The van der Waals surface area contributed by atoms with Gasteiger partial charge >= 0.3 is 5.56 Å². The maximum absolute atomic E-state index is 12.7. The van der Waals surface area contributed by atoms with E-state index >= 15 is 0 Å². The van der Waals surface area contributed by atoms with Crippen LogP contribution in [0.2, 0.25) is 0 Å². The number of aromatic hydroxyl groups is 1. The van der Waals surface area contributed by atoms with Crippen LogP contribution < -0.4 is 5.56 Å². The quantitative estimate of drug-likeness (QED) is 0.869. The van der Waals surface area contributed by atoms with Crippen LogP contribution in [0.1, 0.15) is 58.7 Å². The second-order valence-electron chi connectivity index (χ2n) is 8.59. The van der Waals surface area contributed by atoms with E-state index in [2.05, 4.69) is 43.6 Å². The number of benzene rings is 1. The third kappa shape index (κ3) is 3.16. The Morgan fingerprint density at radius 3 is 2.38 bits per heavy atom. The number of nitrogens with zero attached hydrogens (tertiary/aromatic N) is 3. The normalized spacial score (nSPS) is 18.2. The van der Waals surface area contributed by atoms with Crippen LogP contribution in [-0.2, 0) is 18.4 Å². The summed E-state index contributed by atoms with van der Waals surface area (Å²) in [4.78, 5) is 30.7. The van der Waals surface area contributed by atoms with Crippen molar-refractivity contribution >= 4 is 5.91 Å². The molecule has 0 radical (unpaired) electrons. The standard InChI is InChI=1S/C23H27N3O3/c1-14-9-15(2)11-17(10-14)23(7-5-6-8-23)12-18-24-21(28)20(27)19-22(29)25(4)16(3)13-26(18)19/h9-11,27H,3,5-8,12-13H2,1-2,4H3. The molecule has 2 aromatic rings. The Morgan fingerprint density at radius 2 is 1.76 bits per heavy atom. The first kappa shape index (κ1) is 19.4. The molecule has 0 unspecified atom stereocenters. The summed E-state index contributed by atoms with van der Waals surface area (Å²) < 4.78 is 1.68. The number of rotatable bonds is 3. The van der Waals surface area contributed by atoms with Crippen molar-refractivity contribution in [2.45, 2.75) is 57.9 Å². The number of carbonyl (C=O) groups excluding carboxylic acids is 1. The van der Waals surface area contributed by atoms with E-state index in [1.807, 2.05) is 0 Å². The molecule has 4 rings (SSSR count). The Labute approximate surface area is 170 Å². The van der Waals surface area contributed by atoms with Gasteiger partial charge < -0.3 is 14.6 Å². The Bertz CT molecular complexity index is 1060. The van der Waals surface area contributed by atoms with E-state index in [0.29, 0.717) is 24.5 Å². The van der Waals surface area contributed by atoms with E-state index in [-0.39, 0.29) is 11.1 Å². The minimum atomic E-state index is -0.742. The van der Waals surface area contributed by atoms with Crippen LogP contribution in [0.5, 0.6) is 5.75 Å². The molecule has 2 aliphatic rings. The summed E-state index contributed by atoms with van der Waals surface area (Å²) in [6.45, 7) is 8.49. The van der Waals surface area contributed by atoms with Gasteiger partial charge in [0.15, 0.2) is 5.69 Å². The number of fused-ring (bicyclic) bond motifs is 1. The molecule has 1 fully saturated rings. The Kier molecular flexibility index (Phi) is 4.60. The lowest BCUT2D eigenvalue weighted by Gasteiger charge is -2.34. The Morgan fingerprint density at radius 1 is 1.14 bits per heavy atom. The first-order chi connectivity index (χ1) is 13.7. The van der Waals surface area contributed by atoms with Crippen LogP contribution in [0.4, 0.5) is 0 Å². The largest absolute Gasteiger partial charge is 0.501 e. The van der Waals surface area contributed by atoms with Gasteiger partial charge in [-0.25, -0.2) is 0 Å².